The highest BCUT2D eigenvalue weighted by molar-refractivity contribution is 5.38. The zero-order valence-electron chi connectivity index (χ0n) is 10.9. The van der Waals surface area contributed by atoms with E-state index in [1.807, 2.05) is 27.7 Å². The fraction of sp³-hybridized carbons (Fsp3) is 0.667. The molecule has 0 aliphatic heterocycles. The van der Waals surface area contributed by atoms with E-state index < -0.39 is 0 Å². The van der Waals surface area contributed by atoms with Gasteiger partial charge in [0.25, 0.3) is 0 Å². The highest BCUT2D eigenvalue weighted by Crippen LogP contribution is 2.17. The fourth-order valence-electron chi connectivity index (χ4n) is 1.24. The number of aryl methyl sites for hydroxylation is 1. The lowest BCUT2D eigenvalue weighted by atomic mass is 9.95. The number of hydrogen-bond donors (Lipinski definition) is 2. The third-order valence-corrected chi connectivity index (χ3v) is 2.28. The second kappa shape index (κ2) is 5.82. The Kier molecular flexibility index (Phi) is 4.69. The predicted octanol–water partition coefficient (Wildman–Crippen LogP) is 1.61. The van der Waals surface area contributed by atoms with Crippen molar-refractivity contribution in [3.63, 3.8) is 0 Å². The second-order valence-electron chi connectivity index (χ2n) is 4.75. The summed E-state index contributed by atoms with van der Waals surface area (Å²) in [4.78, 5) is 8.44. The minimum atomic E-state index is -0.176. The first-order chi connectivity index (χ1) is 7.96. The van der Waals surface area contributed by atoms with Gasteiger partial charge in [-0.05, 0) is 13.8 Å². The van der Waals surface area contributed by atoms with E-state index in [4.69, 9.17) is 9.84 Å². The Morgan fingerprint density at radius 2 is 2.12 bits per heavy atom. The van der Waals surface area contributed by atoms with E-state index in [1.165, 1.54) is 0 Å². The number of aromatic nitrogens is 2. The highest BCUT2D eigenvalue weighted by Gasteiger charge is 2.16. The summed E-state index contributed by atoms with van der Waals surface area (Å²) in [6, 6.07) is 1.77. The molecule has 17 heavy (non-hydrogen) atoms. The van der Waals surface area contributed by atoms with Gasteiger partial charge in [0, 0.05) is 24.6 Å². The number of ether oxygens (including phenoxy) is 1. The van der Waals surface area contributed by atoms with Gasteiger partial charge in [0.05, 0.1) is 6.61 Å². The summed E-state index contributed by atoms with van der Waals surface area (Å²) in [5.41, 5.74) is -0.176. The Labute approximate surface area is 102 Å². The van der Waals surface area contributed by atoms with Gasteiger partial charge in [0.1, 0.15) is 11.6 Å². The van der Waals surface area contributed by atoms with E-state index in [9.17, 15) is 0 Å². The minimum absolute atomic E-state index is 0.127. The van der Waals surface area contributed by atoms with Crippen molar-refractivity contribution in [3.8, 4) is 5.88 Å². The molecule has 1 aromatic rings. The van der Waals surface area contributed by atoms with Gasteiger partial charge in [-0.3, -0.25) is 0 Å². The first-order valence-electron chi connectivity index (χ1n) is 5.80. The molecule has 0 saturated carbocycles. The third-order valence-electron chi connectivity index (χ3n) is 2.28. The largest absolute Gasteiger partial charge is 0.478 e. The molecule has 0 unspecified atom stereocenters. The van der Waals surface area contributed by atoms with Gasteiger partial charge >= 0.3 is 0 Å². The quantitative estimate of drug-likeness (QED) is 0.789. The van der Waals surface area contributed by atoms with Crippen LogP contribution in [0.3, 0.4) is 0 Å². The Balaban J connectivity index is 2.70. The summed E-state index contributed by atoms with van der Waals surface area (Å²) in [5.74, 6) is 1.96. The van der Waals surface area contributed by atoms with Crippen LogP contribution in [0.1, 0.15) is 26.6 Å². The lowest BCUT2D eigenvalue weighted by Gasteiger charge is -2.22. The summed E-state index contributed by atoms with van der Waals surface area (Å²) >= 11 is 0. The average molecular weight is 239 g/mol. The zero-order valence-corrected chi connectivity index (χ0v) is 10.9. The van der Waals surface area contributed by atoms with Gasteiger partial charge in [-0.25, -0.2) is 4.98 Å². The molecule has 5 heteroatoms. The predicted molar refractivity (Wildman–Crippen MR) is 67.3 cm³/mol. The van der Waals surface area contributed by atoms with E-state index >= 15 is 0 Å². The fourth-order valence-corrected chi connectivity index (χ4v) is 1.24. The van der Waals surface area contributed by atoms with Crippen molar-refractivity contribution in [2.24, 2.45) is 5.41 Å². The lowest BCUT2D eigenvalue weighted by molar-refractivity contribution is 0.170. The van der Waals surface area contributed by atoms with E-state index in [-0.39, 0.29) is 12.0 Å². The molecule has 0 radical (unpaired) electrons. The topological polar surface area (TPSA) is 67.3 Å². The summed E-state index contributed by atoms with van der Waals surface area (Å²) < 4.78 is 5.35. The molecule has 0 fully saturated rings. The number of rotatable bonds is 6. The molecule has 1 heterocycles. The molecule has 0 spiro atoms. The Bertz CT molecular complexity index is 367. The Morgan fingerprint density at radius 1 is 1.41 bits per heavy atom. The molecule has 0 aliphatic carbocycles. The molecule has 0 saturated heterocycles. The highest BCUT2D eigenvalue weighted by atomic mass is 16.5. The molecule has 96 valence electrons. The van der Waals surface area contributed by atoms with E-state index in [1.54, 1.807) is 6.07 Å². The summed E-state index contributed by atoms with van der Waals surface area (Å²) in [6.07, 6.45) is 0. The van der Waals surface area contributed by atoms with Crippen molar-refractivity contribution in [3.05, 3.63) is 11.9 Å². The standard InChI is InChI=1S/C12H21N3O2/c1-5-17-11-6-10(14-9(2)15-11)13-7-12(3,4)8-16/h6,16H,5,7-8H2,1-4H3,(H,13,14,15). The van der Waals surface area contributed by atoms with Crippen molar-refractivity contribution in [2.45, 2.75) is 27.7 Å². The molecule has 0 aliphatic rings. The van der Waals surface area contributed by atoms with Crippen LogP contribution < -0.4 is 10.1 Å². The van der Waals surface area contributed by atoms with Crippen molar-refractivity contribution < 1.29 is 9.84 Å². The smallest absolute Gasteiger partial charge is 0.218 e. The minimum Gasteiger partial charge on any atom is -0.478 e. The molecule has 2 N–H and O–H groups in total. The van der Waals surface area contributed by atoms with Gasteiger partial charge in [0.15, 0.2) is 0 Å². The van der Waals surface area contributed by atoms with Gasteiger partial charge in [-0.15, -0.1) is 0 Å². The number of nitrogens with one attached hydrogen (secondary N) is 1. The number of aliphatic hydroxyl groups excluding tert-OH is 1. The van der Waals surface area contributed by atoms with Crippen LogP contribution >= 0.6 is 0 Å². The maximum Gasteiger partial charge on any atom is 0.218 e. The number of anilines is 1. The number of hydrogen-bond acceptors (Lipinski definition) is 5. The normalized spacial score (nSPS) is 11.4. The van der Waals surface area contributed by atoms with Crippen molar-refractivity contribution in [1.29, 1.82) is 0 Å². The van der Waals surface area contributed by atoms with E-state index in [0.717, 1.165) is 5.82 Å². The van der Waals surface area contributed by atoms with Crippen LogP contribution in [0, 0.1) is 12.3 Å². The SMILES string of the molecule is CCOc1cc(NCC(C)(C)CO)nc(C)n1. The van der Waals surface area contributed by atoms with Crippen molar-refractivity contribution in [1.82, 2.24) is 9.97 Å². The molecular weight excluding hydrogens is 218 g/mol. The lowest BCUT2D eigenvalue weighted by Crippen LogP contribution is -2.27. The first-order valence-corrected chi connectivity index (χ1v) is 5.80. The molecule has 1 aromatic heterocycles. The molecule has 5 nitrogen and oxygen atoms in total. The van der Waals surface area contributed by atoms with Crippen molar-refractivity contribution >= 4 is 5.82 Å². The first kappa shape index (κ1) is 13.7. The molecule has 0 aromatic carbocycles. The maximum atomic E-state index is 9.17. The zero-order chi connectivity index (χ0) is 12.9. The summed E-state index contributed by atoms with van der Waals surface area (Å²) in [7, 11) is 0. The number of nitrogens with zero attached hydrogens (tertiary/aromatic N) is 2. The van der Waals surface area contributed by atoms with Crippen LogP contribution in [0.5, 0.6) is 5.88 Å². The average Bonchev–Trinajstić information content (AvgIpc) is 2.26. The van der Waals surface area contributed by atoms with Crippen LogP contribution in [0.4, 0.5) is 5.82 Å². The van der Waals surface area contributed by atoms with Gasteiger partial charge < -0.3 is 15.2 Å². The maximum absolute atomic E-state index is 9.17. The molecule has 1 rings (SSSR count). The summed E-state index contributed by atoms with van der Waals surface area (Å²) in [6.45, 7) is 9.06. The van der Waals surface area contributed by atoms with Crippen molar-refractivity contribution in [2.75, 3.05) is 25.1 Å². The van der Waals surface area contributed by atoms with Gasteiger partial charge in [-0.2, -0.15) is 4.98 Å². The molecule has 0 bridgehead atoms. The number of aliphatic hydroxyl groups is 1. The second-order valence-corrected chi connectivity index (χ2v) is 4.75. The van der Waals surface area contributed by atoms with Crippen LogP contribution in [0.25, 0.3) is 0 Å². The van der Waals surface area contributed by atoms with E-state index in [0.29, 0.717) is 24.9 Å². The molecular formula is C12H21N3O2. The van der Waals surface area contributed by atoms with Crippen LogP contribution in [0.2, 0.25) is 0 Å². The summed E-state index contributed by atoms with van der Waals surface area (Å²) in [5, 5.41) is 12.4. The monoisotopic (exact) mass is 239 g/mol. The van der Waals surface area contributed by atoms with Crippen LogP contribution in [-0.2, 0) is 0 Å². The van der Waals surface area contributed by atoms with Crippen LogP contribution in [0.15, 0.2) is 6.07 Å². The van der Waals surface area contributed by atoms with Crippen LogP contribution in [-0.4, -0.2) is 34.8 Å². The third kappa shape index (κ3) is 4.56. The Hall–Kier alpha value is -1.36. The van der Waals surface area contributed by atoms with E-state index in [2.05, 4.69) is 15.3 Å². The molecule has 0 amide bonds. The molecule has 0 atom stereocenters. The van der Waals surface area contributed by atoms with Gasteiger partial charge in [-0.1, -0.05) is 13.8 Å². The Morgan fingerprint density at radius 3 is 2.71 bits per heavy atom. The van der Waals surface area contributed by atoms with Gasteiger partial charge in [0.2, 0.25) is 5.88 Å².